The van der Waals surface area contributed by atoms with E-state index >= 15 is 0 Å². The summed E-state index contributed by atoms with van der Waals surface area (Å²) in [5.41, 5.74) is 0. The highest BCUT2D eigenvalue weighted by molar-refractivity contribution is 8.45. The van der Waals surface area contributed by atoms with Crippen LogP contribution in [0, 0.1) is 0 Å². The lowest BCUT2D eigenvalue weighted by Gasteiger charge is -2.02. The molecule has 62 valence electrons. The average Bonchev–Trinajstić information content (AvgIpc) is 1.88. The van der Waals surface area contributed by atoms with Crippen LogP contribution in [-0.4, -0.2) is 11.7 Å². The Hall–Kier alpha value is -0.400. The SMILES string of the molecule is C.C=S(=C)(Cl)c1ccccc1. The lowest BCUT2D eigenvalue weighted by atomic mass is 10.4. The molecule has 0 nitrogen and oxygen atoms in total. The van der Waals surface area contributed by atoms with Crippen molar-refractivity contribution in [3.8, 4) is 0 Å². The van der Waals surface area contributed by atoms with Crippen LogP contribution in [0.3, 0.4) is 0 Å². The molecule has 0 N–H and O–H groups in total. The molecule has 0 radical (unpaired) electrons. The fourth-order valence-corrected chi connectivity index (χ4v) is 1.62. The van der Waals surface area contributed by atoms with Crippen molar-refractivity contribution in [2.45, 2.75) is 12.3 Å². The summed E-state index contributed by atoms with van der Waals surface area (Å²) in [5, 5.41) is 0. The van der Waals surface area contributed by atoms with Crippen molar-refractivity contribution in [2.24, 2.45) is 0 Å². The molecule has 0 amide bonds. The van der Waals surface area contributed by atoms with E-state index in [0.29, 0.717) is 0 Å². The van der Waals surface area contributed by atoms with Crippen LogP contribution in [0.15, 0.2) is 35.2 Å². The highest BCUT2D eigenvalue weighted by Crippen LogP contribution is 2.35. The summed E-state index contributed by atoms with van der Waals surface area (Å²) in [4.78, 5) is 1.02. The molecule has 0 saturated heterocycles. The Kier molecular flexibility index (Phi) is 3.70. The molecule has 0 spiro atoms. The van der Waals surface area contributed by atoms with E-state index in [-0.39, 0.29) is 7.43 Å². The quantitative estimate of drug-likeness (QED) is 0.592. The number of benzene rings is 1. The summed E-state index contributed by atoms with van der Waals surface area (Å²) in [6.45, 7) is 0. The van der Waals surface area contributed by atoms with Gasteiger partial charge >= 0.3 is 0 Å². The minimum atomic E-state index is -1.53. The zero-order chi connectivity index (χ0) is 7.61. The van der Waals surface area contributed by atoms with Gasteiger partial charge in [0, 0.05) is 4.90 Å². The first-order chi connectivity index (χ1) is 4.61. The lowest BCUT2D eigenvalue weighted by molar-refractivity contribution is 1.47. The number of rotatable bonds is 1. The highest BCUT2D eigenvalue weighted by atomic mass is 35.7. The maximum atomic E-state index is 5.92. The van der Waals surface area contributed by atoms with Crippen molar-refractivity contribution in [1.29, 1.82) is 0 Å². The number of halogens is 1. The maximum absolute atomic E-state index is 5.92. The van der Waals surface area contributed by atoms with Crippen molar-refractivity contribution < 1.29 is 0 Å². The molecule has 0 saturated carbocycles. The molecular formula is C9H13ClS. The van der Waals surface area contributed by atoms with Gasteiger partial charge < -0.3 is 0 Å². The predicted octanol–water partition coefficient (Wildman–Crippen LogP) is 3.50. The van der Waals surface area contributed by atoms with Crippen LogP contribution >= 0.6 is 19.1 Å². The summed E-state index contributed by atoms with van der Waals surface area (Å²) in [6.07, 6.45) is 0. The van der Waals surface area contributed by atoms with Crippen LogP contribution < -0.4 is 0 Å². The standard InChI is InChI=1S/C8H9ClS.CH4/c1-10(2,9)8-6-4-3-5-7-8;/h3-7H,1-2H2;1H4. The van der Waals surface area contributed by atoms with Crippen LogP contribution in [0.5, 0.6) is 0 Å². The average molecular weight is 189 g/mol. The molecule has 11 heavy (non-hydrogen) atoms. The van der Waals surface area contributed by atoms with Gasteiger partial charge in [0.1, 0.15) is 0 Å². The van der Waals surface area contributed by atoms with Crippen molar-refractivity contribution >= 4 is 30.8 Å². The minimum absolute atomic E-state index is 0. The third-order valence-electron chi connectivity index (χ3n) is 1.17. The van der Waals surface area contributed by atoms with Gasteiger partial charge in [-0.25, -0.2) is 0 Å². The maximum Gasteiger partial charge on any atom is 0.00940 e. The Balaban J connectivity index is 0.000001000. The second-order valence-corrected chi connectivity index (χ2v) is 5.92. The van der Waals surface area contributed by atoms with E-state index < -0.39 is 8.42 Å². The van der Waals surface area contributed by atoms with E-state index in [1.54, 1.807) is 0 Å². The Morgan fingerprint density at radius 1 is 1.09 bits per heavy atom. The van der Waals surface area contributed by atoms with Crippen LogP contribution in [0.2, 0.25) is 0 Å². The van der Waals surface area contributed by atoms with Gasteiger partial charge in [0.05, 0.1) is 0 Å². The Labute approximate surface area is 73.8 Å². The second-order valence-electron chi connectivity index (χ2n) is 2.10. The van der Waals surface area contributed by atoms with Crippen molar-refractivity contribution in [3.63, 3.8) is 0 Å². The smallest absolute Gasteiger partial charge is 0.00940 e. The van der Waals surface area contributed by atoms with Crippen LogP contribution in [-0.2, 0) is 0 Å². The van der Waals surface area contributed by atoms with E-state index in [2.05, 4.69) is 11.7 Å². The number of hydrogen-bond acceptors (Lipinski definition) is 0. The molecule has 0 atom stereocenters. The van der Waals surface area contributed by atoms with Gasteiger partial charge in [0.15, 0.2) is 0 Å². The lowest BCUT2D eigenvalue weighted by Crippen LogP contribution is -1.69. The van der Waals surface area contributed by atoms with E-state index in [4.69, 9.17) is 10.7 Å². The molecule has 0 aromatic heterocycles. The zero-order valence-corrected chi connectivity index (χ0v) is 7.16. The second kappa shape index (κ2) is 3.84. The molecule has 1 aromatic rings. The van der Waals surface area contributed by atoms with Crippen molar-refractivity contribution in [2.75, 3.05) is 0 Å². The summed E-state index contributed by atoms with van der Waals surface area (Å²) in [6, 6.07) is 9.72. The molecular weight excluding hydrogens is 176 g/mol. The molecule has 2 heteroatoms. The van der Waals surface area contributed by atoms with Gasteiger partial charge in [-0.1, -0.05) is 48.0 Å². The van der Waals surface area contributed by atoms with Gasteiger partial charge in [0.25, 0.3) is 0 Å². The summed E-state index contributed by atoms with van der Waals surface area (Å²) in [5.74, 6) is 7.56. The molecule has 1 rings (SSSR count). The summed E-state index contributed by atoms with van der Waals surface area (Å²) >= 11 is 0. The summed E-state index contributed by atoms with van der Waals surface area (Å²) in [7, 11) is 4.39. The van der Waals surface area contributed by atoms with Crippen LogP contribution in [0.25, 0.3) is 0 Å². The van der Waals surface area contributed by atoms with Gasteiger partial charge in [0.2, 0.25) is 0 Å². The van der Waals surface area contributed by atoms with E-state index in [9.17, 15) is 0 Å². The van der Waals surface area contributed by atoms with Crippen LogP contribution in [0.4, 0.5) is 0 Å². The molecule has 0 fully saturated rings. The highest BCUT2D eigenvalue weighted by Gasteiger charge is 1.92. The molecule has 1 aromatic carbocycles. The Bertz CT molecular complexity index is 298. The fourth-order valence-electron chi connectivity index (χ4n) is 0.664. The normalized spacial score (nSPS) is 10.3. The molecule has 0 unspecified atom stereocenters. The van der Waals surface area contributed by atoms with Gasteiger partial charge in [-0.05, 0) is 12.1 Å². The van der Waals surface area contributed by atoms with Gasteiger partial charge in [-0.15, -0.1) is 8.42 Å². The minimum Gasteiger partial charge on any atom is -0.108 e. The van der Waals surface area contributed by atoms with Gasteiger partial charge in [-0.2, -0.15) is 0 Å². The third-order valence-corrected chi connectivity index (χ3v) is 2.82. The fraction of sp³-hybridized carbons (Fsp3) is 0.111. The molecule has 0 aliphatic carbocycles. The number of hydrogen-bond donors (Lipinski definition) is 0. The monoisotopic (exact) mass is 188 g/mol. The first-order valence-electron chi connectivity index (χ1n) is 2.85. The van der Waals surface area contributed by atoms with Crippen molar-refractivity contribution in [1.82, 2.24) is 0 Å². The third kappa shape index (κ3) is 3.00. The first-order valence-corrected chi connectivity index (χ1v) is 5.64. The zero-order valence-electron chi connectivity index (χ0n) is 5.59. The van der Waals surface area contributed by atoms with Gasteiger partial charge in [-0.3, -0.25) is 0 Å². The molecule has 0 bridgehead atoms. The van der Waals surface area contributed by atoms with E-state index in [1.165, 1.54) is 0 Å². The largest absolute Gasteiger partial charge is 0.108 e. The Morgan fingerprint density at radius 3 is 1.82 bits per heavy atom. The molecule has 0 aliphatic heterocycles. The summed E-state index contributed by atoms with van der Waals surface area (Å²) < 4.78 is 0. The first kappa shape index (κ1) is 10.6. The van der Waals surface area contributed by atoms with Crippen LogP contribution in [0.1, 0.15) is 7.43 Å². The van der Waals surface area contributed by atoms with Crippen molar-refractivity contribution in [3.05, 3.63) is 30.3 Å². The van der Waals surface area contributed by atoms with E-state index in [1.807, 2.05) is 30.3 Å². The Morgan fingerprint density at radius 2 is 1.55 bits per heavy atom. The topological polar surface area (TPSA) is 0 Å². The van der Waals surface area contributed by atoms with E-state index in [0.717, 1.165) is 4.90 Å². The predicted molar refractivity (Wildman–Crippen MR) is 59.1 cm³/mol. The molecule has 0 aliphatic rings. The molecule has 0 heterocycles.